The van der Waals surface area contributed by atoms with Crippen LogP contribution < -0.4 is 5.32 Å². The number of esters is 1. The summed E-state index contributed by atoms with van der Waals surface area (Å²) in [6, 6.07) is 14.4. The molecule has 6 nitrogen and oxygen atoms in total. The minimum absolute atomic E-state index is 0.359. The van der Waals surface area contributed by atoms with Crippen molar-refractivity contribution in [2.75, 3.05) is 12.4 Å². The number of aryl methyl sites for hydroxylation is 2. The molecule has 0 atom stereocenters. The van der Waals surface area contributed by atoms with Gasteiger partial charge in [-0.05, 0) is 61.4 Å². The molecule has 0 spiro atoms. The summed E-state index contributed by atoms with van der Waals surface area (Å²) in [6.07, 6.45) is 1.50. The third kappa shape index (κ3) is 3.54. The van der Waals surface area contributed by atoms with Gasteiger partial charge in [-0.25, -0.2) is 19.7 Å². The second-order valence-electron chi connectivity index (χ2n) is 7.14. The number of fused-ring (bicyclic) bond motifs is 2. The van der Waals surface area contributed by atoms with Crippen molar-refractivity contribution in [1.29, 1.82) is 0 Å². The third-order valence-corrected chi connectivity index (χ3v) is 7.28. The number of carbonyl (C=O) groups excluding carboxylic acids is 1. The van der Waals surface area contributed by atoms with E-state index in [1.807, 2.05) is 31.2 Å². The first-order chi connectivity index (χ1) is 15.0. The highest BCUT2D eigenvalue weighted by Gasteiger charge is 2.19. The van der Waals surface area contributed by atoms with Crippen molar-refractivity contribution >= 4 is 60.6 Å². The van der Waals surface area contributed by atoms with Crippen LogP contribution in [0.2, 0.25) is 0 Å². The van der Waals surface area contributed by atoms with E-state index in [1.165, 1.54) is 35.0 Å². The van der Waals surface area contributed by atoms with E-state index in [1.54, 1.807) is 11.3 Å². The van der Waals surface area contributed by atoms with Crippen LogP contribution in [0.5, 0.6) is 0 Å². The first-order valence-electron chi connectivity index (χ1n) is 9.60. The van der Waals surface area contributed by atoms with Gasteiger partial charge in [-0.2, -0.15) is 0 Å². The molecule has 2 aromatic carbocycles. The molecule has 0 saturated heterocycles. The highest BCUT2D eigenvalue weighted by atomic mass is 32.1. The zero-order valence-electron chi connectivity index (χ0n) is 17.1. The summed E-state index contributed by atoms with van der Waals surface area (Å²) >= 11 is 3.00. The van der Waals surface area contributed by atoms with E-state index < -0.39 is 0 Å². The Labute approximate surface area is 186 Å². The molecule has 154 valence electrons. The predicted molar refractivity (Wildman–Crippen MR) is 127 cm³/mol. The summed E-state index contributed by atoms with van der Waals surface area (Å²) in [7, 11) is 1.38. The summed E-state index contributed by atoms with van der Waals surface area (Å²) in [6.45, 7) is 3.98. The Morgan fingerprint density at radius 3 is 2.61 bits per heavy atom. The van der Waals surface area contributed by atoms with Crippen LogP contribution in [-0.4, -0.2) is 28.0 Å². The Morgan fingerprint density at radius 2 is 1.84 bits per heavy atom. The van der Waals surface area contributed by atoms with E-state index in [0.29, 0.717) is 10.7 Å². The van der Waals surface area contributed by atoms with Gasteiger partial charge in [-0.3, -0.25) is 0 Å². The second-order valence-corrected chi connectivity index (χ2v) is 9.17. The fraction of sp³-hybridized carbons (Fsp3) is 0.130. The first kappa shape index (κ1) is 19.6. The van der Waals surface area contributed by atoms with Gasteiger partial charge in [-0.15, -0.1) is 22.7 Å². The van der Waals surface area contributed by atoms with Gasteiger partial charge in [-0.1, -0.05) is 6.07 Å². The normalized spacial score (nSPS) is 11.2. The number of hydrogen-bond donors (Lipinski definition) is 1. The monoisotopic (exact) mass is 446 g/mol. The Kier molecular flexibility index (Phi) is 4.88. The lowest BCUT2D eigenvalue weighted by molar-refractivity contribution is 0.0605. The minimum atomic E-state index is -0.359. The fourth-order valence-corrected chi connectivity index (χ4v) is 5.58. The molecule has 0 aliphatic carbocycles. The van der Waals surface area contributed by atoms with Gasteiger partial charge in [0, 0.05) is 11.3 Å². The van der Waals surface area contributed by atoms with Crippen molar-refractivity contribution in [1.82, 2.24) is 15.0 Å². The molecule has 0 saturated carbocycles. The predicted octanol–water partition coefficient (Wildman–Crippen LogP) is 6.12. The minimum Gasteiger partial charge on any atom is -0.465 e. The molecular formula is C23H18N4O2S2. The molecule has 0 unspecified atom stereocenters. The number of nitrogens with zero attached hydrogens (tertiary/aromatic N) is 3. The summed E-state index contributed by atoms with van der Waals surface area (Å²) in [4.78, 5) is 26.8. The van der Waals surface area contributed by atoms with Crippen molar-refractivity contribution in [3.8, 4) is 10.6 Å². The maximum absolute atomic E-state index is 12.0. The van der Waals surface area contributed by atoms with Gasteiger partial charge in [0.05, 0.1) is 22.7 Å². The topological polar surface area (TPSA) is 77.0 Å². The molecule has 0 radical (unpaired) electrons. The van der Waals surface area contributed by atoms with Crippen molar-refractivity contribution < 1.29 is 9.53 Å². The number of ether oxygens (including phenoxy) is 1. The van der Waals surface area contributed by atoms with Crippen molar-refractivity contribution in [2.45, 2.75) is 13.8 Å². The molecule has 3 heterocycles. The molecule has 0 aliphatic heterocycles. The Balaban J connectivity index is 1.46. The number of aromatic nitrogens is 3. The molecule has 3 aromatic heterocycles. The summed E-state index contributed by atoms with van der Waals surface area (Å²) in [5.41, 5.74) is 5.03. The average molecular weight is 447 g/mol. The SMILES string of the molecule is COC(=O)c1sc2ncnc(Nc3ccc(-c4nc5ccc(C)cc5s4)cc3)c2c1C. The van der Waals surface area contributed by atoms with Gasteiger partial charge in [0.25, 0.3) is 0 Å². The Bertz CT molecular complexity index is 1440. The number of nitrogens with one attached hydrogen (secondary N) is 1. The lowest BCUT2D eigenvalue weighted by Crippen LogP contribution is -2.00. The van der Waals surface area contributed by atoms with Gasteiger partial charge in [0.2, 0.25) is 0 Å². The van der Waals surface area contributed by atoms with E-state index in [2.05, 4.69) is 40.4 Å². The molecule has 31 heavy (non-hydrogen) atoms. The maximum Gasteiger partial charge on any atom is 0.348 e. The van der Waals surface area contributed by atoms with Crippen LogP contribution >= 0.6 is 22.7 Å². The number of benzene rings is 2. The molecular weight excluding hydrogens is 428 g/mol. The van der Waals surface area contributed by atoms with Crippen LogP contribution in [0.1, 0.15) is 20.8 Å². The van der Waals surface area contributed by atoms with Crippen molar-refractivity contribution in [3.05, 3.63) is 64.8 Å². The van der Waals surface area contributed by atoms with Crippen LogP contribution in [0, 0.1) is 13.8 Å². The summed E-state index contributed by atoms with van der Waals surface area (Å²) < 4.78 is 6.08. The smallest absolute Gasteiger partial charge is 0.348 e. The molecule has 5 rings (SSSR count). The van der Waals surface area contributed by atoms with Crippen molar-refractivity contribution in [2.24, 2.45) is 0 Å². The number of thiophene rings is 1. The van der Waals surface area contributed by atoms with E-state index >= 15 is 0 Å². The molecule has 5 aromatic rings. The van der Waals surface area contributed by atoms with E-state index in [0.717, 1.165) is 37.6 Å². The number of methoxy groups -OCH3 is 1. The van der Waals surface area contributed by atoms with Gasteiger partial charge >= 0.3 is 5.97 Å². The van der Waals surface area contributed by atoms with Crippen LogP contribution in [0.4, 0.5) is 11.5 Å². The molecule has 0 fully saturated rings. The molecule has 8 heteroatoms. The van der Waals surface area contributed by atoms with Crippen LogP contribution in [0.15, 0.2) is 48.8 Å². The number of hydrogen-bond acceptors (Lipinski definition) is 8. The maximum atomic E-state index is 12.0. The Morgan fingerprint density at radius 1 is 1.03 bits per heavy atom. The third-order valence-electron chi connectivity index (χ3n) is 5.04. The second kappa shape index (κ2) is 7.72. The zero-order valence-corrected chi connectivity index (χ0v) is 18.7. The van der Waals surface area contributed by atoms with Crippen LogP contribution in [-0.2, 0) is 4.74 Å². The first-order valence-corrected chi connectivity index (χ1v) is 11.2. The van der Waals surface area contributed by atoms with Gasteiger partial charge < -0.3 is 10.1 Å². The van der Waals surface area contributed by atoms with E-state index in [9.17, 15) is 4.79 Å². The zero-order chi connectivity index (χ0) is 21.5. The molecule has 1 N–H and O–H groups in total. The standard InChI is InChI=1S/C23H18N4O2S2/c1-12-4-9-16-17(10-12)30-21(27-16)14-5-7-15(8-6-14)26-20-18-13(2)19(23(28)29-3)31-22(18)25-11-24-20/h4-11H,1-3H3,(H,24,25,26). The fourth-order valence-electron chi connectivity index (χ4n) is 3.44. The largest absolute Gasteiger partial charge is 0.465 e. The van der Waals surface area contributed by atoms with Gasteiger partial charge in [0.15, 0.2) is 0 Å². The molecule has 0 aliphatic rings. The molecule has 0 bridgehead atoms. The quantitative estimate of drug-likeness (QED) is 0.335. The summed E-state index contributed by atoms with van der Waals surface area (Å²) in [5.74, 6) is 0.305. The lowest BCUT2D eigenvalue weighted by atomic mass is 10.2. The molecule has 0 amide bonds. The lowest BCUT2D eigenvalue weighted by Gasteiger charge is -2.08. The van der Waals surface area contributed by atoms with E-state index in [-0.39, 0.29) is 5.97 Å². The van der Waals surface area contributed by atoms with Crippen LogP contribution in [0.25, 0.3) is 31.0 Å². The number of carbonyl (C=O) groups is 1. The Hall–Kier alpha value is -3.36. The number of rotatable bonds is 4. The van der Waals surface area contributed by atoms with Crippen molar-refractivity contribution in [3.63, 3.8) is 0 Å². The average Bonchev–Trinajstić information content (AvgIpc) is 3.35. The number of anilines is 2. The summed E-state index contributed by atoms with van der Waals surface area (Å²) in [5, 5.41) is 5.18. The highest BCUT2D eigenvalue weighted by Crippen LogP contribution is 2.35. The van der Waals surface area contributed by atoms with Crippen LogP contribution in [0.3, 0.4) is 0 Å². The highest BCUT2D eigenvalue weighted by molar-refractivity contribution is 7.21. The van der Waals surface area contributed by atoms with E-state index in [4.69, 9.17) is 9.72 Å². The number of thiazole rings is 1. The van der Waals surface area contributed by atoms with Gasteiger partial charge in [0.1, 0.15) is 26.9 Å².